The van der Waals surface area contributed by atoms with E-state index in [1.807, 2.05) is 13.0 Å². The molecule has 0 atom stereocenters. The fourth-order valence-electron chi connectivity index (χ4n) is 2.16. The van der Waals surface area contributed by atoms with Gasteiger partial charge in [0.1, 0.15) is 28.7 Å². The third kappa shape index (κ3) is 3.38. The van der Waals surface area contributed by atoms with E-state index in [0.717, 1.165) is 0 Å². The second-order valence-electron chi connectivity index (χ2n) is 4.76. The summed E-state index contributed by atoms with van der Waals surface area (Å²) in [5.74, 6) is -0.541. The van der Waals surface area contributed by atoms with Crippen molar-refractivity contribution in [2.45, 2.75) is 13.8 Å². The summed E-state index contributed by atoms with van der Waals surface area (Å²) in [5.41, 5.74) is 0.255. The molecule has 2 rings (SSSR count). The van der Waals surface area contributed by atoms with Crippen molar-refractivity contribution in [1.29, 1.82) is 5.26 Å². The lowest BCUT2D eigenvalue weighted by Gasteiger charge is -2.06. The van der Waals surface area contributed by atoms with E-state index < -0.39 is 11.9 Å². The van der Waals surface area contributed by atoms with Crippen LogP contribution in [0.5, 0.6) is 5.75 Å². The highest BCUT2D eigenvalue weighted by atomic mass is 16.5. The van der Waals surface area contributed by atoms with Gasteiger partial charge in [0.25, 0.3) is 5.91 Å². The smallest absolute Gasteiger partial charge is 0.342 e. The van der Waals surface area contributed by atoms with Gasteiger partial charge >= 0.3 is 5.97 Å². The van der Waals surface area contributed by atoms with Gasteiger partial charge in [-0.2, -0.15) is 5.26 Å². The van der Waals surface area contributed by atoms with Crippen LogP contribution in [0.4, 0.5) is 5.88 Å². The lowest BCUT2D eigenvalue weighted by atomic mass is 10.1. The van der Waals surface area contributed by atoms with Crippen molar-refractivity contribution in [3.63, 3.8) is 0 Å². The maximum atomic E-state index is 12.3. The number of amides is 1. The molecule has 1 amide bonds. The molecule has 7 nitrogen and oxygen atoms in total. The third-order valence-electron chi connectivity index (χ3n) is 3.22. The topological polar surface area (TPSA) is 102 Å². The van der Waals surface area contributed by atoms with Crippen LogP contribution >= 0.6 is 0 Å². The normalized spacial score (nSPS) is 9.92. The summed E-state index contributed by atoms with van der Waals surface area (Å²) < 4.78 is 15.3. The van der Waals surface area contributed by atoms with Crippen LogP contribution in [0.25, 0.3) is 0 Å². The van der Waals surface area contributed by atoms with Gasteiger partial charge in [-0.3, -0.25) is 10.1 Å². The second-order valence-corrected chi connectivity index (χ2v) is 4.76. The third-order valence-corrected chi connectivity index (χ3v) is 3.22. The quantitative estimate of drug-likeness (QED) is 0.847. The molecule has 0 bridgehead atoms. The minimum Gasteiger partial charge on any atom is -0.494 e. The van der Waals surface area contributed by atoms with Crippen LogP contribution in [0.15, 0.2) is 28.7 Å². The number of rotatable bonds is 5. The minimum absolute atomic E-state index is 0.00151. The Morgan fingerprint density at radius 1 is 1.38 bits per heavy atom. The van der Waals surface area contributed by atoms with Crippen LogP contribution in [0.2, 0.25) is 0 Å². The Hall–Kier alpha value is -3.27. The van der Waals surface area contributed by atoms with E-state index in [1.165, 1.54) is 14.0 Å². The fourth-order valence-corrected chi connectivity index (χ4v) is 2.16. The van der Waals surface area contributed by atoms with Crippen LogP contribution in [-0.4, -0.2) is 25.6 Å². The van der Waals surface area contributed by atoms with Crippen molar-refractivity contribution in [1.82, 2.24) is 0 Å². The molecule has 0 saturated carbocycles. The number of benzene rings is 1. The Labute approximate surface area is 138 Å². The Kier molecular flexibility index (Phi) is 5.22. The molecule has 0 aliphatic carbocycles. The molecule has 0 unspecified atom stereocenters. The summed E-state index contributed by atoms with van der Waals surface area (Å²) in [4.78, 5) is 24.1. The van der Waals surface area contributed by atoms with Gasteiger partial charge in [-0.1, -0.05) is 6.07 Å². The fraction of sp³-hybridized carbons (Fsp3) is 0.235. The molecule has 1 aromatic carbocycles. The Morgan fingerprint density at radius 3 is 2.75 bits per heavy atom. The summed E-state index contributed by atoms with van der Waals surface area (Å²) in [6.07, 6.45) is 0. The number of anilines is 1. The van der Waals surface area contributed by atoms with Crippen molar-refractivity contribution < 1.29 is 23.5 Å². The summed E-state index contributed by atoms with van der Waals surface area (Å²) in [5, 5.41) is 11.8. The standard InChI is InChI=1S/C17H16N2O5/c1-4-23-12-7-5-6-11(8-12)15(20)19-16-13(9-18)14(10(2)24-16)17(21)22-3/h5-8H,4H2,1-3H3,(H,19,20). The number of nitrogens with zero attached hydrogens (tertiary/aromatic N) is 1. The van der Waals surface area contributed by atoms with Crippen molar-refractivity contribution in [3.05, 3.63) is 46.7 Å². The van der Waals surface area contributed by atoms with Crippen molar-refractivity contribution >= 4 is 17.8 Å². The molecule has 1 aromatic heterocycles. The monoisotopic (exact) mass is 328 g/mol. The first-order valence-electron chi connectivity index (χ1n) is 7.17. The molecule has 1 N–H and O–H groups in total. The average molecular weight is 328 g/mol. The highest BCUT2D eigenvalue weighted by Gasteiger charge is 2.25. The zero-order valence-corrected chi connectivity index (χ0v) is 13.5. The summed E-state index contributed by atoms with van der Waals surface area (Å²) in [6.45, 7) is 3.83. The van der Waals surface area contributed by atoms with Crippen LogP contribution in [0, 0.1) is 18.3 Å². The predicted molar refractivity (Wildman–Crippen MR) is 85.1 cm³/mol. The van der Waals surface area contributed by atoms with E-state index in [2.05, 4.69) is 10.1 Å². The van der Waals surface area contributed by atoms with Crippen LogP contribution in [0.3, 0.4) is 0 Å². The first-order chi connectivity index (χ1) is 11.5. The molecular weight excluding hydrogens is 312 g/mol. The predicted octanol–water partition coefficient (Wildman–Crippen LogP) is 2.90. The number of carbonyl (C=O) groups is 2. The first kappa shape index (κ1) is 17.1. The van der Waals surface area contributed by atoms with Crippen LogP contribution < -0.4 is 10.1 Å². The highest BCUT2D eigenvalue weighted by molar-refractivity contribution is 6.05. The number of carbonyl (C=O) groups excluding carboxylic acids is 2. The molecular formula is C17H16N2O5. The van der Waals surface area contributed by atoms with Gasteiger partial charge in [-0.05, 0) is 32.0 Å². The van der Waals surface area contributed by atoms with E-state index in [1.54, 1.807) is 24.3 Å². The Balaban J connectivity index is 2.31. The average Bonchev–Trinajstić information content (AvgIpc) is 2.89. The summed E-state index contributed by atoms with van der Waals surface area (Å²) >= 11 is 0. The second kappa shape index (κ2) is 7.33. The maximum Gasteiger partial charge on any atom is 0.342 e. The lowest BCUT2D eigenvalue weighted by Crippen LogP contribution is -2.13. The van der Waals surface area contributed by atoms with Gasteiger partial charge in [0, 0.05) is 5.56 Å². The van der Waals surface area contributed by atoms with E-state index in [-0.39, 0.29) is 22.8 Å². The zero-order valence-electron chi connectivity index (χ0n) is 13.5. The molecule has 0 saturated heterocycles. The van der Waals surface area contributed by atoms with E-state index >= 15 is 0 Å². The summed E-state index contributed by atoms with van der Waals surface area (Å²) in [7, 11) is 1.20. The van der Waals surface area contributed by atoms with E-state index in [0.29, 0.717) is 17.9 Å². The molecule has 0 fully saturated rings. The van der Waals surface area contributed by atoms with Crippen molar-refractivity contribution in [2.24, 2.45) is 0 Å². The number of methoxy groups -OCH3 is 1. The SMILES string of the molecule is CCOc1cccc(C(=O)Nc2oc(C)c(C(=O)OC)c2C#N)c1. The van der Waals surface area contributed by atoms with Crippen LogP contribution in [0.1, 0.15) is 39.0 Å². The largest absolute Gasteiger partial charge is 0.494 e. The zero-order chi connectivity index (χ0) is 17.7. The van der Waals surface area contributed by atoms with Crippen LogP contribution in [-0.2, 0) is 4.74 Å². The van der Waals surface area contributed by atoms with Crippen molar-refractivity contribution in [3.8, 4) is 11.8 Å². The molecule has 1 heterocycles. The van der Waals surface area contributed by atoms with Gasteiger partial charge in [0.15, 0.2) is 0 Å². The van der Waals surface area contributed by atoms with Gasteiger partial charge in [0.2, 0.25) is 5.88 Å². The van der Waals surface area contributed by atoms with E-state index in [9.17, 15) is 14.9 Å². The van der Waals surface area contributed by atoms with Gasteiger partial charge in [-0.15, -0.1) is 0 Å². The molecule has 0 aliphatic heterocycles. The number of furan rings is 1. The minimum atomic E-state index is -0.702. The number of hydrogen-bond acceptors (Lipinski definition) is 6. The number of aryl methyl sites for hydroxylation is 1. The number of nitriles is 1. The number of esters is 1. The maximum absolute atomic E-state index is 12.3. The Bertz CT molecular complexity index is 817. The number of nitrogens with one attached hydrogen (secondary N) is 1. The first-order valence-corrected chi connectivity index (χ1v) is 7.17. The number of hydrogen-bond donors (Lipinski definition) is 1. The summed E-state index contributed by atoms with van der Waals surface area (Å²) in [6, 6.07) is 8.43. The Morgan fingerprint density at radius 2 is 2.12 bits per heavy atom. The van der Waals surface area contributed by atoms with Gasteiger partial charge in [0.05, 0.1) is 13.7 Å². The molecule has 7 heteroatoms. The van der Waals surface area contributed by atoms with Gasteiger partial charge < -0.3 is 13.9 Å². The highest BCUT2D eigenvalue weighted by Crippen LogP contribution is 2.27. The molecule has 0 radical (unpaired) electrons. The van der Waals surface area contributed by atoms with Gasteiger partial charge in [-0.25, -0.2) is 4.79 Å². The molecule has 24 heavy (non-hydrogen) atoms. The molecule has 124 valence electrons. The molecule has 0 spiro atoms. The van der Waals surface area contributed by atoms with E-state index in [4.69, 9.17) is 9.15 Å². The molecule has 0 aliphatic rings. The van der Waals surface area contributed by atoms with Crippen molar-refractivity contribution in [2.75, 3.05) is 19.0 Å². The number of ether oxygens (including phenoxy) is 2. The molecule has 2 aromatic rings. The lowest BCUT2D eigenvalue weighted by molar-refractivity contribution is 0.0598.